The number of hydrogen-bond acceptors (Lipinski definition) is 3. The smallest absolute Gasteiger partial charge is 0.406 e. The molecular weight excluding hydrogens is 261 g/mol. The van der Waals surface area contributed by atoms with Crippen LogP contribution in [0.3, 0.4) is 0 Å². The Kier molecular flexibility index (Phi) is 3.94. The molecule has 19 heavy (non-hydrogen) atoms. The highest BCUT2D eigenvalue weighted by Crippen LogP contribution is 2.23. The highest BCUT2D eigenvalue weighted by Gasteiger charge is 2.31. The fraction of sp³-hybridized carbons (Fsp3) is 0.417. The SMILES string of the molecule is O=C1NCCN[C@H]1Cc1ccc(OC(F)(F)F)cc1. The number of benzene rings is 1. The van der Waals surface area contributed by atoms with E-state index in [1.54, 1.807) is 0 Å². The molecule has 2 rings (SSSR count). The van der Waals surface area contributed by atoms with Gasteiger partial charge in [-0.15, -0.1) is 13.2 Å². The molecule has 104 valence electrons. The van der Waals surface area contributed by atoms with E-state index in [9.17, 15) is 18.0 Å². The average molecular weight is 274 g/mol. The molecule has 1 aliphatic rings. The maximum Gasteiger partial charge on any atom is 0.573 e. The highest BCUT2D eigenvalue weighted by molar-refractivity contribution is 5.82. The molecule has 1 saturated heterocycles. The molecule has 1 aliphatic heterocycles. The maximum atomic E-state index is 12.0. The molecule has 1 aromatic rings. The molecule has 1 atom stereocenters. The Labute approximate surface area is 107 Å². The molecule has 0 saturated carbocycles. The molecule has 0 aromatic heterocycles. The first-order valence-electron chi connectivity index (χ1n) is 5.80. The summed E-state index contributed by atoms with van der Waals surface area (Å²) in [5, 5.41) is 5.77. The van der Waals surface area contributed by atoms with Gasteiger partial charge in [-0.3, -0.25) is 4.79 Å². The van der Waals surface area contributed by atoms with Crippen LogP contribution in [0.15, 0.2) is 24.3 Å². The van der Waals surface area contributed by atoms with Crippen LogP contribution in [-0.4, -0.2) is 31.4 Å². The number of carbonyl (C=O) groups excluding carboxylic acids is 1. The van der Waals surface area contributed by atoms with Gasteiger partial charge in [-0.05, 0) is 24.1 Å². The highest BCUT2D eigenvalue weighted by atomic mass is 19.4. The molecule has 1 amide bonds. The zero-order chi connectivity index (χ0) is 13.9. The van der Waals surface area contributed by atoms with Gasteiger partial charge in [0.25, 0.3) is 0 Å². The summed E-state index contributed by atoms with van der Waals surface area (Å²) in [6.07, 6.45) is -4.26. The molecule has 1 heterocycles. The Balaban J connectivity index is 1.96. The van der Waals surface area contributed by atoms with Gasteiger partial charge < -0.3 is 15.4 Å². The van der Waals surface area contributed by atoms with Gasteiger partial charge in [0.2, 0.25) is 5.91 Å². The Bertz CT molecular complexity index is 445. The minimum absolute atomic E-state index is 0.0955. The number of ether oxygens (including phenoxy) is 1. The predicted octanol–water partition coefficient (Wildman–Crippen LogP) is 1.22. The monoisotopic (exact) mass is 274 g/mol. The van der Waals surface area contributed by atoms with Gasteiger partial charge in [0, 0.05) is 13.1 Å². The number of piperazine rings is 1. The third-order valence-electron chi connectivity index (χ3n) is 2.73. The van der Waals surface area contributed by atoms with Crippen LogP contribution in [0.25, 0.3) is 0 Å². The van der Waals surface area contributed by atoms with E-state index < -0.39 is 6.36 Å². The molecular formula is C12H13F3N2O2. The van der Waals surface area contributed by atoms with Crippen molar-refractivity contribution in [3.05, 3.63) is 29.8 Å². The summed E-state index contributed by atoms with van der Waals surface area (Å²) in [5.41, 5.74) is 0.768. The van der Waals surface area contributed by atoms with Crippen molar-refractivity contribution >= 4 is 5.91 Å². The fourth-order valence-electron chi connectivity index (χ4n) is 1.88. The van der Waals surface area contributed by atoms with Crippen molar-refractivity contribution in [2.75, 3.05) is 13.1 Å². The zero-order valence-corrected chi connectivity index (χ0v) is 9.96. The van der Waals surface area contributed by atoms with Crippen molar-refractivity contribution in [1.29, 1.82) is 0 Å². The maximum absolute atomic E-state index is 12.0. The van der Waals surface area contributed by atoms with E-state index in [4.69, 9.17) is 0 Å². The average Bonchev–Trinajstić information content (AvgIpc) is 2.33. The third kappa shape index (κ3) is 4.13. The van der Waals surface area contributed by atoms with E-state index in [-0.39, 0.29) is 17.7 Å². The van der Waals surface area contributed by atoms with Crippen molar-refractivity contribution in [2.24, 2.45) is 0 Å². The van der Waals surface area contributed by atoms with Gasteiger partial charge in [-0.25, -0.2) is 0 Å². The van der Waals surface area contributed by atoms with E-state index in [1.165, 1.54) is 24.3 Å². The lowest BCUT2D eigenvalue weighted by Gasteiger charge is -2.23. The summed E-state index contributed by atoms with van der Waals surface area (Å²) in [5.74, 6) is -0.362. The first-order chi connectivity index (χ1) is 8.94. The standard InChI is InChI=1S/C12H13F3N2O2/c13-12(14,15)19-9-3-1-8(2-4-9)7-10-11(18)17-6-5-16-10/h1-4,10,16H,5-7H2,(H,17,18)/t10-/m0/s1. The summed E-state index contributed by atoms with van der Waals surface area (Å²) < 4.78 is 39.7. The number of nitrogens with one attached hydrogen (secondary N) is 2. The van der Waals surface area contributed by atoms with Crippen LogP contribution in [0.1, 0.15) is 5.56 Å². The van der Waals surface area contributed by atoms with Crippen molar-refractivity contribution in [2.45, 2.75) is 18.8 Å². The number of carbonyl (C=O) groups is 1. The van der Waals surface area contributed by atoms with Gasteiger partial charge in [0.15, 0.2) is 0 Å². The second-order valence-corrected chi connectivity index (χ2v) is 4.19. The quantitative estimate of drug-likeness (QED) is 0.871. The Hall–Kier alpha value is -1.76. The van der Waals surface area contributed by atoms with Crippen molar-refractivity contribution in [3.63, 3.8) is 0 Å². The van der Waals surface area contributed by atoms with E-state index in [2.05, 4.69) is 15.4 Å². The van der Waals surface area contributed by atoms with E-state index in [0.717, 1.165) is 5.56 Å². The largest absolute Gasteiger partial charge is 0.573 e. The number of alkyl halides is 3. The Morgan fingerprint density at radius 2 is 1.89 bits per heavy atom. The van der Waals surface area contributed by atoms with Crippen LogP contribution in [0.5, 0.6) is 5.75 Å². The number of halogens is 3. The lowest BCUT2D eigenvalue weighted by Crippen LogP contribution is -2.53. The summed E-state index contributed by atoms with van der Waals surface area (Å²) in [7, 11) is 0. The summed E-state index contributed by atoms with van der Waals surface area (Å²) in [6.45, 7) is 1.28. The lowest BCUT2D eigenvalue weighted by atomic mass is 10.0. The van der Waals surface area contributed by atoms with Gasteiger partial charge in [-0.1, -0.05) is 12.1 Å². The van der Waals surface area contributed by atoms with Crippen LogP contribution in [0.4, 0.5) is 13.2 Å². The van der Waals surface area contributed by atoms with Crippen molar-refractivity contribution < 1.29 is 22.7 Å². The van der Waals surface area contributed by atoms with Crippen molar-refractivity contribution in [3.8, 4) is 5.75 Å². The van der Waals surface area contributed by atoms with E-state index in [1.807, 2.05) is 0 Å². The van der Waals surface area contributed by atoms with Gasteiger partial charge in [0.1, 0.15) is 5.75 Å². The second-order valence-electron chi connectivity index (χ2n) is 4.19. The molecule has 2 N–H and O–H groups in total. The zero-order valence-electron chi connectivity index (χ0n) is 9.96. The fourth-order valence-corrected chi connectivity index (χ4v) is 1.88. The molecule has 4 nitrogen and oxygen atoms in total. The van der Waals surface area contributed by atoms with Crippen LogP contribution < -0.4 is 15.4 Å². The van der Waals surface area contributed by atoms with Crippen LogP contribution in [0.2, 0.25) is 0 Å². The van der Waals surface area contributed by atoms with Crippen LogP contribution in [0, 0.1) is 0 Å². The number of hydrogen-bond donors (Lipinski definition) is 2. The predicted molar refractivity (Wildman–Crippen MR) is 61.6 cm³/mol. The molecule has 1 aromatic carbocycles. The lowest BCUT2D eigenvalue weighted by molar-refractivity contribution is -0.274. The van der Waals surface area contributed by atoms with Gasteiger partial charge >= 0.3 is 6.36 Å². The first-order valence-corrected chi connectivity index (χ1v) is 5.80. The summed E-state index contributed by atoms with van der Waals surface area (Å²) in [6, 6.07) is 5.17. The Morgan fingerprint density at radius 3 is 2.47 bits per heavy atom. The van der Waals surface area contributed by atoms with Crippen LogP contribution in [-0.2, 0) is 11.2 Å². The molecule has 0 bridgehead atoms. The van der Waals surface area contributed by atoms with Crippen molar-refractivity contribution in [1.82, 2.24) is 10.6 Å². The number of amides is 1. The molecule has 0 unspecified atom stereocenters. The van der Waals surface area contributed by atoms with Gasteiger partial charge in [-0.2, -0.15) is 0 Å². The number of rotatable bonds is 3. The van der Waals surface area contributed by atoms with E-state index in [0.29, 0.717) is 19.5 Å². The molecule has 0 spiro atoms. The summed E-state index contributed by atoms with van der Waals surface area (Å²) in [4.78, 5) is 11.5. The summed E-state index contributed by atoms with van der Waals surface area (Å²) >= 11 is 0. The van der Waals surface area contributed by atoms with Crippen LogP contribution >= 0.6 is 0 Å². The first kappa shape index (κ1) is 13.7. The van der Waals surface area contributed by atoms with E-state index >= 15 is 0 Å². The van der Waals surface area contributed by atoms with Gasteiger partial charge in [0.05, 0.1) is 6.04 Å². The second kappa shape index (κ2) is 5.48. The Morgan fingerprint density at radius 1 is 1.21 bits per heavy atom. The molecule has 7 heteroatoms. The molecule has 0 radical (unpaired) electrons. The minimum atomic E-state index is -4.69. The molecule has 0 aliphatic carbocycles. The topological polar surface area (TPSA) is 50.4 Å². The minimum Gasteiger partial charge on any atom is -0.406 e. The molecule has 1 fully saturated rings. The third-order valence-corrected chi connectivity index (χ3v) is 2.73. The normalized spacial score (nSPS) is 19.9.